The summed E-state index contributed by atoms with van der Waals surface area (Å²) in [5.41, 5.74) is 5.87. The Hall–Kier alpha value is -1.96. The van der Waals surface area contributed by atoms with Crippen LogP contribution >= 0.6 is 11.3 Å². The van der Waals surface area contributed by atoms with E-state index in [1.165, 1.54) is 28.2 Å². The normalized spacial score (nSPS) is 23.1. The summed E-state index contributed by atoms with van der Waals surface area (Å²) < 4.78 is 0. The lowest BCUT2D eigenvalue weighted by atomic mass is 10.1. The average Bonchev–Trinajstić information content (AvgIpc) is 3.24. The number of fused-ring (bicyclic) bond motifs is 1. The molecule has 2 atom stereocenters. The van der Waals surface area contributed by atoms with Gasteiger partial charge in [0, 0.05) is 16.2 Å². The number of hydrogen-bond acceptors (Lipinski definition) is 5. The fourth-order valence-corrected chi connectivity index (χ4v) is 3.90. The number of carbonyl (C=O) groups excluding carboxylic acids is 2. The van der Waals surface area contributed by atoms with E-state index in [1.54, 1.807) is 0 Å². The van der Waals surface area contributed by atoms with Crippen LogP contribution in [0.4, 0.5) is 0 Å². The summed E-state index contributed by atoms with van der Waals surface area (Å²) in [6, 6.07) is 1.08. The molecule has 22 heavy (non-hydrogen) atoms. The Morgan fingerprint density at radius 2 is 2.00 bits per heavy atom. The average molecular weight is 323 g/mol. The molecule has 1 aromatic rings. The predicted molar refractivity (Wildman–Crippen MR) is 80.1 cm³/mol. The lowest BCUT2D eigenvalue weighted by Gasteiger charge is -2.04. The molecule has 118 valence electrons. The van der Waals surface area contributed by atoms with Gasteiger partial charge in [-0.3, -0.25) is 30.6 Å². The van der Waals surface area contributed by atoms with Gasteiger partial charge in [-0.1, -0.05) is 6.42 Å². The van der Waals surface area contributed by atoms with Gasteiger partial charge in [0.25, 0.3) is 5.91 Å². The molecule has 0 bridgehead atoms. The molecule has 0 aliphatic heterocycles. The lowest BCUT2D eigenvalue weighted by molar-refractivity contribution is -0.497. The first-order chi connectivity index (χ1) is 10.6. The van der Waals surface area contributed by atoms with Crippen molar-refractivity contribution in [3.8, 4) is 0 Å². The maximum atomic E-state index is 12.1. The topological polar surface area (TPSA) is 101 Å². The third-order valence-electron chi connectivity index (χ3n) is 4.13. The van der Waals surface area contributed by atoms with Crippen LogP contribution in [0.15, 0.2) is 6.07 Å². The SMILES string of the molecule is O=C(NNC(=O)C1CC1[N+](=O)[O-])c1cc2c(s1)CCCCC2. The number of nitrogens with one attached hydrogen (secondary N) is 2. The molecule has 1 fully saturated rings. The second kappa shape index (κ2) is 6.04. The zero-order valence-corrected chi connectivity index (χ0v) is 12.8. The predicted octanol–water partition coefficient (Wildman–Crippen LogP) is 1.44. The van der Waals surface area contributed by atoms with Gasteiger partial charge in [-0.2, -0.15) is 0 Å². The number of thiophene rings is 1. The fourth-order valence-electron chi connectivity index (χ4n) is 2.75. The van der Waals surface area contributed by atoms with Gasteiger partial charge in [0.2, 0.25) is 11.9 Å². The summed E-state index contributed by atoms with van der Waals surface area (Å²) in [5, 5.41) is 10.5. The van der Waals surface area contributed by atoms with Gasteiger partial charge in [-0.25, -0.2) is 0 Å². The Balaban J connectivity index is 1.54. The zero-order chi connectivity index (χ0) is 15.7. The largest absolute Gasteiger partial charge is 0.279 e. The van der Waals surface area contributed by atoms with Crippen LogP contribution < -0.4 is 10.9 Å². The number of nitro groups is 1. The molecule has 2 amide bonds. The Morgan fingerprint density at radius 3 is 2.73 bits per heavy atom. The van der Waals surface area contributed by atoms with Gasteiger partial charge in [0.15, 0.2) is 0 Å². The molecule has 2 unspecified atom stereocenters. The van der Waals surface area contributed by atoms with E-state index in [9.17, 15) is 19.7 Å². The number of amides is 2. The van der Waals surface area contributed by atoms with E-state index in [0.717, 1.165) is 25.7 Å². The minimum absolute atomic E-state index is 0.238. The van der Waals surface area contributed by atoms with Crippen molar-refractivity contribution in [3.63, 3.8) is 0 Å². The van der Waals surface area contributed by atoms with Gasteiger partial charge < -0.3 is 0 Å². The number of hydrazine groups is 1. The zero-order valence-electron chi connectivity index (χ0n) is 12.0. The Morgan fingerprint density at radius 1 is 1.23 bits per heavy atom. The minimum atomic E-state index is -0.810. The molecular weight excluding hydrogens is 306 g/mol. The van der Waals surface area contributed by atoms with Crippen LogP contribution in [0.5, 0.6) is 0 Å². The monoisotopic (exact) mass is 323 g/mol. The van der Waals surface area contributed by atoms with Gasteiger partial charge >= 0.3 is 0 Å². The molecule has 7 nitrogen and oxygen atoms in total. The smallest absolute Gasteiger partial charge is 0.273 e. The standard InChI is InChI=1S/C14H17N3O4S/c18-13(9-7-10(9)17(20)21)15-16-14(19)12-6-8-4-2-1-3-5-11(8)22-12/h6,9-10H,1-5,7H2,(H,15,18)(H,16,19). The first kappa shape index (κ1) is 15.0. The highest BCUT2D eigenvalue weighted by Gasteiger charge is 2.53. The summed E-state index contributed by atoms with van der Waals surface area (Å²) in [6.07, 6.45) is 5.75. The number of carbonyl (C=O) groups is 2. The minimum Gasteiger partial charge on any atom is -0.273 e. The molecule has 1 heterocycles. The van der Waals surface area contributed by atoms with Crippen molar-refractivity contribution >= 4 is 23.2 Å². The van der Waals surface area contributed by atoms with E-state index in [4.69, 9.17) is 0 Å². The molecule has 1 saturated carbocycles. The third kappa shape index (κ3) is 3.11. The van der Waals surface area contributed by atoms with Crippen molar-refractivity contribution in [3.05, 3.63) is 31.5 Å². The molecule has 2 N–H and O–H groups in total. The Bertz CT molecular complexity index is 604. The lowest BCUT2D eigenvalue weighted by Crippen LogP contribution is -2.42. The molecule has 1 aromatic heterocycles. The van der Waals surface area contributed by atoms with E-state index in [2.05, 4.69) is 10.9 Å². The van der Waals surface area contributed by atoms with Crippen LogP contribution in [0.2, 0.25) is 0 Å². The number of hydrogen-bond donors (Lipinski definition) is 2. The van der Waals surface area contributed by atoms with E-state index in [1.807, 2.05) is 6.07 Å². The van der Waals surface area contributed by atoms with Crippen LogP contribution in [0.1, 0.15) is 45.8 Å². The van der Waals surface area contributed by atoms with E-state index >= 15 is 0 Å². The Kier molecular flexibility index (Phi) is 4.10. The summed E-state index contributed by atoms with van der Waals surface area (Å²) in [5.74, 6) is -1.48. The molecule has 0 saturated heterocycles. The van der Waals surface area contributed by atoms with Crippen LogP contribution in [0.3, 0.4) is 0 Å². The van der Waals surface area contributed by atoms with Crippen molar-refractivity contribution < 1.29 is 14.5 Å². The van der Waals surface area contributed by atoms with E-state index in [0.29, 0.717) is 4.88 Å². The van der Waals surface area contributed by atoms with Crippen LogP contribution in [0, 0.1) is 16.0 Å². The van der Waals surface area contributed by atoms with Crippen LogP contribution in [0.25, 0.3) is 0 Å². The maximum Gasteiger partial charge on any atom is 0.279 e. The van der Waals surface area contributed by atoms with Gasteiger partial charge in [0.05, 0.1) is 4.88 Å². The van der Waals surface area contributed by atoms with E-state index < -0.39 is 22.8 Å². The molecule has 0 aromatic carbocycles. The summed E-state index contributed by atoms with van der Waals surface area (Å²) >= 11 is 1.47. The first-order valence-electron chi connectivity index (χ1n) is 7.41. The molecule has 0 spiro atoms. The highest BCUT2D eigenvalue weighted by atomic mass is 32.1. The second-order valence-electron chi connectivity index (χ2n) is 5.76. The molecule has 0 radical (unpaired) electrons. The van der Waals surface area contributed by atoms with Gasteiger partial charge in [0.1, 0.15) is 5.92 Å². The summed E-state index contributed by atoms with van der Waals surface area (Å²) in [7, 11) is 0. The van der Waals surface area contributed by atoms with Gasteiger partial charge in [-0.05, 0) is 37.3 Å². The van der Waals surface area contributed by atoms with Crippen LogP contribution in [-0.2, 0) is 17.6 Å². The maximum absolute atomic E-state index is 12.1. The highest BCUT2D eigenvalue weighted by Crippen LogP contribution is 2.33. The number of rotatable bonds is 3. The summed E-state index contributed by atoms with van der Waals surface area (Å²) in [4.78, 5) is 35.6. The van der Waals surface area contributed by atoms with Gasteiger partial charge in [-0.15, -0.1) is 11.3 Å². The molecular formula is C14H17N3O4S. The number of aryl methyl sites for hydroxylation is 2. The second-order valence-corrected chi connectivity index (χ2v) is 6.89. The molecule has 2 aliphatic rings. The van der Waals surface area contributed by atoms with Crippen molar-refractivity contribution in [1.82, 2.24) is 10.9 Å². The first-order valence-corrected chi connectivity index (χ1v) is 8.23. The molecule has 2 aliphatic carbocycles. The van der Waals surface area contributed by atoms with Crippen molar-refractivity contribution in [2.75, 3.05) is 0 Å². The highest BCUT2D eigenvalue weighted by molar-refractivity contribution is 7.14. The molecule has 3 rings (SSSR count). The van der Waals surface area contributed by atoms with E-state index in [-0.39, 0.29) is 12.3 Å². The number of nitrogens with zero attached hydrogens (tertiary/aromatic N) is 1. The van der Waals surface area contributed by atoms with Crippen molar-refractivity contribution in [2.45, 2.75) is 44.6 Å². The quantitative estimate of drug-likeness (QED) is 0.499. The molecule has 8 heteroatoms. The summed E-state index contributed by atoms with van der Waals surface area (Å²) in [6.45, 7) is 0. The van der Waals surface area contributed by atoms with Crippen LogP contribution in [-0.4, -0.2) is 22.8 Å². The Labute approximate surface area is 131 Å². The van der Waals surface area contributed by atoms with Crippen molar-refractivity contribution in [2.24, 2.45) is 5.92 Å². The fraction of sp³-hybridized carbons (Fsp3) is 0.571. The van der Waals surface area contributed by atoms with Crippen molar-refractivity contribution in [1.29, 1.82) is 0 Å². The third-order valence-corrected chi connectivity index (χ3v) is 5.37.